The van der Waals surface area contributed by atoms with Crippen LogP contribution < -0.4 is 0 Å². The van der Waals surface area contributed by atoms with Crippen LogP contribution in [0.1, 0.15) is 19.4 Å². The molecule has 0 amide bonds. The van der Waals surface area contributed by atoms with Gasteiger partial charge in [0.15, 0.2) is 11.6 Å². The molecule has 1 aromatic carbocycles. The highest BCUT2D eigenvalue weighted by Crippen LogP contribution is 2.20. The van der Waals surface area contributed by atoms with E-state index in [0.29, 0.717) is 19.2 Å². The Hall–Kier alpha value is -1.13. The summed E-state index contributed by atoms with van der Waals surface area (Å²) in [6.07, 6.45) is 0.216. The smallest absolute Gasteiger partial charge is 0.165 e. The van der Waals surface area contributed by atoms with Crippen LogP contribution in [0.15, 0.2) is 18.2 Å². The summed E-state index contributed by atoms with van der Waals surface area (Å²) in [6, 6.07) is 4.88. The highest BCUT2D eigenvalue weighted by atomic mass is 19.1. The van der Waals surface area contributed by atoms with Crippen LogP contribution in [0.4, 0.5) is 4.39 Å². The van der Waals surface area contributed by atoms with Gasteiger partial charge in [-0.1, -0.05) is 6.07 Å². The van der Waals surface area contributed by atoms with Crippen molar-refractivity contribution in [2.45, 2.75) is 32.5 Å². The fourth-order valence-electron chi connectivity index (χ4n) is 2.08. The number of phenolic OH excluding ortho intramolecular Hbond substituents is 1. The summed E-state index contributed by atoms with van der Waals surface area (Å²) in [6.45, 7) is 6.39. The van der Waals surface area contributed by atoms with Crippen LogP contribution in [0.2, 0.25) is 0 Å². The van der Waals surface area contributed by atoms with Crippen molar-refractivity contribution in [1.29, 1.82) is 0 Å². The molecule has 2 atom stereocenters. The normalized spacial score (nSPS) is 26.1. The molecule has 1 N–H and O–H groups in total. The fourth-order valence-corrected chi connectivity index (χ4v) is 2.08. The lowest BCUT2D eigenvalue weighted by Gasteiger charge is -2.36. The van der Waals surface area contributed by atoms with Gasteiger partial charge in [-0.25, -0.2) is 4.39 Å². The summed E-state index contributed by atoms with van der Waals surface area (Å²) in [7, 11) is 0. The van der Waals surface area contributed by atoms with Gasteiger partial charge in [-0.15, -0.1) is 0 Å². The first-order valence-electron chi connectivity index (χ1n) is 5.89. The molecule has 2 rings (SSSR count). The maximum Gasteiger partial charge on any atom is 0.165 e. The topological polar surface area (TPSA) is 32.7 Å². The molecular weight excluding hydrogens is 221 g/mol. The second-order valence-corrected chi connectivity index (χ2v) is 4.71. The largest absolute Gasteiger partial charge is 0.505 e. The maximum absolute atomic E-state index is 13.2. The van der Waals surface area contributed by atoms with Crippen molar-refractivity contribution in [2.75, 3.05) is 13.2 Å². The number of morpholine rings is 1. The van der Waals surface area contributed by atoms with Crippen LogP contribution in [-0.2, 0) is 11.3 Å². The summed E-state index contributed by atoms with van der Waals surface area (Å²) >= 11 is 0. The SMILES string of the molecule is CC1CN(Cc2ccc(O)c(F)c2)C(C)CO1. The Morgan fingerprint density at radius 2 is 2.24 bits per heavy atom. The van der Waals surface area contributed by atoms with E-state index in [-0.39, 0.29) is 11.9 Å². The van der Waals surface area contributed by atoms with Crippen molar-refractivity contribution in [3.63, 3.8) is 0 Å². The number of rotatable bonds is 2. The molecule has 1 saturated heterocycles. The number of aromatic hydroxyl groups is 1. The van der Waals surface area contributed by atoms with Crippen molar-refractivity contribution < 1.29 is 14.2 Å². The highest BCUT2D eigenvalue weighted by molar-refractivity contribution is 5.28. The molecule has 0 radical (unpaired) electrons. The first-order valence-corrected chi connectivity index (χ1v) is 5.89. The van der Waals surface area contributed by atoms with Gasteiger partial charge in [0.05, 0.1) is 12.7 Å². The van der Waals surface area contributed by atoms with Crippen molar-refractivity contribution in [2.24, 2.45) is 0 Å². The zero-order valence-corrected chi connectivity index (χ0v) is 10.2. The molecule has 4 heteroatoms. The van der Waals surface area contributed by atoms with Crippen LogP contribution in [-0.4, -0.2) is 35.3 Å². The number of hydrogen-bond donors (Lipinski definition) is 1. The maximum atomic E-state index is 13.2. The third-order valence-corrected chi connectivity index (χ3v) is 3.13. The van der Waals surface area contributed by atoms with Gasteiger partial charge in [-0.2, -0.15) is 0 Å². The summed E-state index contributed by atoms with van der Waals surface area (Å²) in [5, 5.41) is 9.14. The van der Waals surface area contributed by atoms with Crippen molar-refractivity contribution >= 4 is 0 Å². The first-order chi connectivity index (χ1) is 8.06. The molecule has 94 valence electrons. The molecule has 0 bridgehead atoms. The Balaban J connectivity index is 2.06. The Bertz CT molecular complexity index is 397. The van der Waals surface area contributed by atoms with Crippen LogP contribution in [0.3, 0.4) is 0 Å². The van der Waals surface area contributed by atoms with E-state index >= 15 is 0 Å². The molecule has 1 heterocycles. The summed E-state index contributed by atoms with van der Waals surface area (Å²) in [4.78, 5) is 2.26. The van der Waals surface area contributed by atoms with Gasteiger partial charge in [-0.05, 0) is 31.5 Å². The number of phenols is 1. The second-order valence-electron chi connectivity index (χ2n) is 4.71. The summed E-state index contributed by atoms with van der Waals surface area (Å²) in [5.74, 6) is -0.853. The minimum absolute atomic E-state index is 0.216. The van der Waals surface area contributed by atoms with E-state index < -0.39 is 5.82 Å². The lowest BCUT2D eigenvalue weighted by atomic mass is 10.1. The van der Waals surface area contributed by atoms with E-state index in [9.17, 15) is 4.39 Å². The minimum atomic E-state index is -0.559. The molecule has 0 saturated carbocycles. The Kier molecular flexibility index (Phi) is 3.64. The zero-order valence-electron chi connectivity index (χ0n) is 10.2. The van der Waals surface area contributed by atoms with Crippen LogP contribution in [0.5, 0.6) is 5.75 Å². The lowest BCUT2D eigenvalue weighted by molar-refractivity contribution is -0.0526. The van der Waals surface area contributed by atoms with Crippen LogP contribution in [0.25, 0.3) is 0 Å². The average Bonchev–Trinajstić information content (AvgIpc) is 2.29. The van der Waals surface area contributed by atoms with Crippen molar-refractivity contribution in [3.8, 4) is 5.75 Å². The summed E-state index contributed by atoms with van der Waals surface area (Å²) in [5.41, 5.74) is 0.876. The minimum Gasteiger partial charge on any atom is -0.505 e. The van der Waals surface area contributed by atoms with Crippen molar-refractivity contribution in [1.82, 2.24) is 4.90 Å². The first kappa shape index (κ1) is 12.3. The molecular formula is C13H18FNO2. The number of benzene rings is 1. The van der Waals surface area contributed by atoms with E-state index in [1.54, 1.807) is 6.07 Å². The highest BCUT2D eigenvalue weighted by Gasteiger charge is 2.23. The Labute approximate surface area is 101 Å². The van der Waals surface area contributed by atoms with E-state index in [1.807, 2.05) is 6.92 Å². The molecule has 17 heavy (non-hydrogen) atoms. The molecule has 1 aliphatic rings. The van der Waals surface area contributed by atoms with E-state index in [4.69, 9.17) is 9.84 Å². The molecule has 3 nitrogen and oxygen atoms in total. The average molecular weight is 239 g/mol. The van der Waals surface area contributed by atoms with Gasteiger partial charge in [0.2, 0.25) is 0 Å². The molecule has 0 aliphatic carbocycles. The monoisotopic (exact) mass is 239 g/mol. The fraction of sp³-hybridized carbons (Fsp3) is 0.538. The van der Waals surface area contributed by atoms with E-state index in [1.165, 1.54) is 12.1 Å². The number of ether oxygens (including phenoxy) is 1. The number of halogens is 1. The van der Waals surface area contributed by atoms with Crippen LogP contribution >= 0.6 is 0 Å². The number of nitrogens with zero attached hydrogens (tertiary/aromatic N) is 1. The van der Waals surface area contributed by atoms with Crippen molar-refractivity contribution in [3.05, 3.63) is 29.6 Å². The Morgan fingerprint density at radius 3 is 2.94 bits per heavy atom. The second kappa shape index (κ2) is 5.02. The zero-order chi connectivity index (χ0) is 12.4. The third kappa shape index (κ3) is 2.96. The standard InChI is InChI=1S/C13H18FNO2/c1-9-8-17-10(2)6-15(9)7-11-3-4-13(16)12(14)5-11/h3-5,9-10,16H,6-8H2,1-2H3. The molecule has 1 fully saturated rings. The molecule has 1 aromatic rings. The van der Waals surface area contributed by atoms with Gasteiger partial charge in [-0.3, -0.25) is 4.90 Å². The van der Waals surface area contributed by atoms with E-state index in [2.05, 4.69) is 11.8 Å². The van der Waals surface area contributed by atoms with Gasteiger partial charge in [0.25, 0.3) is 0 Å². The van der Waals surface area contributed by atoms with Crippen LogP contribution in [0, 0.1) is 5.82 Å². The quantitative estimate of drug-likeness (QED) is 0.858. The lowest BCUT2D eigenvalue weighted by Crippen LogP contribution is -2.46. The van der Waals surface area contributed by atoms with Gasteiger partial charge in [0.1, 0.15) is 0 Å². The molecule has 0 spiro atoms. The predicted octanol–water partition coefficient (Wildman–Crippen LogP) is 2.14. The molecule has 1 aliphatic heterocycles. The Morgan fingerprint density at radius 1 is 1.47 bits per heavy atom. The third-order valence-electron chi connectivity index (χ3n) is 3.13. The van der Waals surface area contributed by atoms with Gasteiger partial charge < -0.3 is 9.84 Å². The predicted molar refractivity (Wildman–Crippen MR) is 63.4 cm³/mol. The van der Waals surface area contributed by atoms with E-state index in [0.717, 1.165) is 12.1 Å². The molecule has 2 unspecified atom stereocenters. The molecule has 0 aromatic heterocycles. The summed E-state index contributed by atoms with van der Waals surface area (Å²) < 4.78 is 18.8. The number of hydrogen-bond acceptors (Lipinski definition) is 3. The van der Waals surface area contributed by atoms with Gasteiger partial charge >= 0.3 is 0 Å². The van der Waals surface area contributed by atoms with Gasteiger partial charge in [0, 0.05) is 19.1 Å².